The highest BCUT2D eigenvalue weighted by Crippen LogP contribution is 2.15. The molecule has 2 aromatic heterocycles. The third-order valence-electron chi connectivity index (χ3n) is 3.11. The summed E-state index contributed by atoms with van der Waals surface area (Å²) in [5.41, 5.74) is -1.30. The number of carbonyl (C=O) groups excluding carboxylic acids is 2. The first-order valence-corrected chi connectivity index (χ1v) is 7.31. The van der Waals surface area contributed by atoms with Gasteiger partial charge in [-0.1, -0.05) is 6.07 Å². The number of nitrogens with zero attached hydrogens (tertiary/aromatic N) is 1. The molecule has 0 saturated heterocycles. The molecule has 0 aliphatic heterocycles. The number of rotatable bonds is 6. The quantitative estimate of drug-likeness (QED) is 0.506. The fourth-order valence-electron chi connectivity index (χ4n) is 1.98. The van der Waals surface area contributed by atoms with Crippen LogP contribution in [0.15, 0.2) is 39.6 Å². The molecule has 0 atom stereocenters. The van der Waals surface area contributed by atoms with E-state index in [0.717, 1.165) is 12.1 Å². The zero-order chi connectivity index (χ0) is 19.3. The number of hydrogen-bond donors (Lipinski definition) is 3. The molecule has 0 bridgehead atoms. The lowest BCUT2D eigenvalue weighted by Crippen LogP contribution is -2.29. The molecule has 26 heavy (non-hydrogen) atoms. The van der Waals surface area contributed by atoms with E-state index in [2.05, 4.69) is 10.3 Å². The van der Waals surface area contributed by atoms with Gasteiger partial charge in [0.1, 0.15) is 29.3 Å². The van der Waals surface area contributed by atoms with Gasteiger partial charge < -0.3 is 19.9 Å². The highest BCUT2D eigenvalue weighted by Gasteiger charge is 2.16. The minimum Gasteiger partial charge on any atom is -0.507 e. The highest BCUT2D eigenvalue weighted by atomic mass is 16.4. The minimum atomic E-state index is -1.20. The molecule has 0 aliphatic rings. The van der Waals surface area contributed by atoms with Gasteiger partial charge in [0.05, 0.1) is 5.69 Å². The van der Waals surface area contributed by atoms with E-state index < -0.39 is 41.1 Å². The number of pyridine rings is 1. The number of hydrogen-bond acceptors (Lipinski definition) is 7. The van der Waals surface area contributed by atoms with Crippen molar-refractivity contribution in [3.8, 4) is 5.75 Å². The second kappa shape index (κ2) is 7.88. The molecule has 0 saturated carbocycles. The van der Waals surface area contributed by atoms with Crippen molar-refractivity contribution in [2.75, 3.05) is 6.54 Å². The number of allylic oxidation sites excluding steroid dienone is 1. The summed E-state index contributed by atoms with van der Waals surface area (Å²) < 4.78 is 4.77. The zero-order valence-corrected chi connectivity index (χ0v) is 13.6. The van der Waals surface area contributed by atoms with Crippen molar-refractivity contribution in [2.45, 2.75) is 6.92 Å². The molecule has 1 amide bonds. The number of nitrogens with one attached hydrogen (secondary N) is 1. The first-order chi connectivity index (χ1) is 12.3. The van der Waals surface area contributed by atoms with Gasteiger partial charge in [0, 0.05) is 6.07 Å². The third-order valence-corrected chi connectivity index (χ3v) is 3.11. The van der Waals surface area contributed by atoms with E-state index in [-0.39, 0.29) is 17.1 Å². The summed E-state index contributed by atoms with van der Waals surface area (Å²) in [6, 6.07) is 5.50. The van der Waals surface area contributed by atoms with Crippen molar-refractivity contribution in [1.29, 1.82) is 0 Å². The second-order valence-electron chi connectivity index (χ2n) is 5.13. The average molecular weight is 358 g/mol. The Balaban J connectivity index is 2.20. The van der Waals surface area contributed by atoms with Crippen LogP contribution in [0.1, 0.15) is 32.3 Å². The van der Waals surface area contributed by atoms with E-state index in [0.29, 0.717) is 0 Å². The number of carboxylic acid groups (broad SMARTS) is 1. The lowest BCUT2D eigenvalue weighted by molar-refractivity contribution is -0.135. The van der Waals surface area contributed by atoms with Crippen LogP contribution >= 0.6 is 0 Å². The van der Waals surface area contributed by atoms with Crippen molar-refractivity contribution in [3.05, 3.63) is 63.5 Å². The van der Waals surface area contributed by atoms with Crippen LogP contribution in [0.5, 0.6) is 5.75 Å². The fourth-order valence-corrected chi connectivity index (χ4v) is 1.98. The first kappa shape index (κ1) is 18.6. The Morgan fingerprint density at radius 2 is 2.04 bits per heavy atom. The van der Waals surface area contributed by atoms with Crippen LogP contribution in [0.25, 0.3) is 6.08 Å². The Labute approximate surface area is 146 Å². The molecule has 0 unspecified atom stereocenters. The summed E-state index contributed by atoms with van der Waals surface area (Å²) in [5.74, 6) is -3.01. The van der Waals surface area contributed by atoms with E-state index in [1.165, 1.54) is 31.2 Å². The Morgan fingerprint density at radius 3 is 2.69 bits per heavy atom. The first-order valence-electron chi connectivity index (χ1n) is 7.31. The normalized spacial score (nSPS) is 10.7. The molecule has 0 aromatic carbocycles. The lowest BCUT2D eigenvalue weighted by atomic mass is 10.1. The van der Waals surface area contributed by atoms with E-state index >= 15 is 0 Å². The largest absolute Gasteiger partial charge is 0.507 e. The number of aromatic nitrogens is 1. The number of carbonyl (C=O) groups is 3. The van der Waals surface area contributed by atoms with Crippen LogP contribution in [0.2, 0.25) is 0 Å². The number of aryl methyl sites for hydroxylation is 1. The molecule has 2 aromatic rings. The second-order valence-corrected chi connectivity index (χ2v) is 5.13. The minimum absolute atomic E-state index is 0.0430. The molecule has 0 fully saturated rings. The van der Waals surface area contributed by atoms with Gasteiger partial charge in [-0.3, -0.25) is 14.4 Å². The van der Waals surface area contributed by atoms with Gasteiger partial charge in [0.15, 0.2) is 5.78 Å². The molecule has 2 rings (SSSR count). The Hall–Kier alpha value is -3.75. The summed E-state index contributed by atoms with van der Waals surface area (Å²) >= 11 is 0. The predicted molar refractivity (Wildman–Crippen MR) is 89.0 cm³/mol. The zero-order valence-electron chi connectivity index (χ0n) is 13.6. The van der Waals surface area contributed by atoms with E-state index in [1.807, 2.05) is 0 Å². The lowest BCUT2D eigenvalue weighted by Gasteiger charge is -2.02. The van der Waals surface area contributed by atoms with Crippen LogP contribution in [0.3, 0.4) is 0 Å². The SMILES string of the molecule is Cc1cc(O)c(C(=O)/C=C/c2cccc(C(=O)NCC(=O)O)n2)c(=O)o1. The molecule has 0 aliphatic carbocycles. The molecular weight excluding hydrogens is 344 g/mol. The van der Waals surface area contributed by atoms with Crippen LogP contribution in [0, 0.1) is 6.92 Å². The molecule has 0 spiro atoms. The fraction of sp³-hybridized carbons (Fsp3) is 0.118. The van der Waals surface area contributed by atoms with E-state index in [1.54, 1.807) is 0 Å². The molecule has 9 heteroatoms. The Bertz CT molecular complexity index is 960. The summed E-state index contributed by atoms with van der Waals surface area (Å²) in [4.78, 5) is 50.0. The van der Waals surface area contributed by atoms with Crippen molar-refractivity contribution < 1.29 is 29.0 Å². The maximum absolute atomic E-state index is 12.1. The smallest absolute Gasteiger partial charge is 0.351 e. The molecule has 3 N–H and O–H groups in total. The van der Waals surface area contributed by atoms with Gasteiger partial charge >= 0.3 is 11.6 Å². The van der Waals surface area contributed by atoms with E-state index in [4.69, 9.17) is 9.52 Å². The molecular formula is C17H14N2O7. The van der Waals surface area contributed by atoms with Gasteiger partial charge in [-0.05, 0) is 31.2 Å². The molecule has 0 radical (unpaired) electrons. The molecule has 9 nitrogen and oxygen atoms in total. The van der Waals surface area contributed by atoms with Gasteiger partial charge in [-0.15, -0.1) is 0 Å². The van der Waals surface area contributed by atoms with Crippen LogP contribution in [0.4, 0.5) is 0 Å². The number of aliphatic carboxylic acids is 1. The van der Waals surface area contributed by atoms with Crippen LogP contribution in [-0.2, 0) is 4.79 Å². The molecule has 2 heterocycles. The van der Waals surface area contributed by atoms with Crippen molar-refractivity contribution in [1.82, 2.24) is 10.3 Å². The topological polar surface area (TPSA) is 147 Å². The Morgan fingerprint density at radius 1 is 1.31 bits per heavy atom. The summed E-state index contributed by atoms with van der Waals surface area (Å²) in [6.07, 6.45) is 2.25. The van der Waals surface area contributed by atoms with E-state index in [9.17, 15) is 24.3 Å². The van der Waals surface area contributed by atoms with Gasteiger partial charge in [-0.2, -0.15) is 0 Å². The number of ketones is 1. The van der Waals surface area contributed by atoms with Gasteiger partial charge in [-0.25, -0.2) is 9.78 Å². The summed E-state index contributed by atoms with van der Waals surface area (Å²) in [5, 5.41) is 20.4. The Kier molecular flexibility index (Phi) is 5.63. The van der Waals surface area contributed by atoms with Crippen LogP contribution in [-0.4, -0.2) is 39.4 Å². The number of aromatic hydroxyl groups is 1. The molecule has 134 valence electrons. The summed E-state index contributed by atoms with van der Waals surface area (Å²) in [7, 11) is 0. The van der Waals surface area contributed by atoms with Crippen LogP contribution < -0.4 is 10.9 Å². The number of carboxylic acids is 1. The number of amides is 1. The highest BCUT2D eigenvalue weighted by molar-refractivity contribution is 6.08. The summed E-state index contributed by atoms with van der Waals surface area (Å²) in [6.45, 7) is 0.900. The van der Waals surface area contributed by atoms with Crippen molar-refractivity contribution in [2.24, 2.45) is 0 Å². The van der Waals surface area contributed by atoms with Crippen molar-refractivity contribution in [3.63, 3.8) is 0 Å². The maximum Gasteiger partial charge on any atom is 0.351 e. The van der Waals surface area contributed by atoms with Gasteiger partial charge in [0.25, 0.3) is 5.91 Å². The predicted octanol–water partition coefficient (Wildman–Crippen LogP) is 0.759. The monoisotopic (exact) mass is 358 g/mol. The standard InChI is InChI=1S/C17H14N2O7/c1-9-7-13(21)15(17(25)26-9)12(20)6-5-10-3-2-4-11(19-10)16(24)18-8-14(22)23/h2-7,21H,8H2,1H3,(H,18,24)(H,22,23)/b6-5+. The third kappa shape index (κ3) is 4.63. The average Bonchev–Trinajstić information content (AvgIpc) is 2.57. The maximum atomic E-state index is 12.1. The van der Waals surface area contributed by atoms with Crippen molar-refractivity contribution >= 4 is 23.7 Å². The van der Waals surface area contributed by atoms with Gasteiger partial charge in [0.2, 0.25) is 0 Å².